The Bertz CT molecular complexity index is 1210. The van der Waals surface area contributed by atoms with Gasteiger partial charge in [0.05, 0.1) is 14.2 Å². The minimum atomic E-state index is -0.457. The molecular weight excluding hydrogens is 422 g/mol. The highest BCUT2D eigenvalue weighted by Gasteiger charge is 2.26. The number of anilines is 3. The van der Waals surface area contributed by atoms with E-state index in [1.165, 1.54) is 7.11 Å². The highest BCUT2D eigenvalue weighted by atomic mass is 16.5. The predicted molar refractivity (Wildman–Crippen MR) is 129 cm³/mol. The van der Waals surface area contributed by atoms with Gasteiger partial charge in [0.2, 0.25) is 0 Å². The van der Waals surface area contributed by atoms with Crippen molar-refractivity contribution in [3.63, 3.8) is 0 Å². The first-order valence-corrected chi connectivity index (χ1v) is 11.0. The Hall–Kier alpha value is -3.81. The molecule has 1 aliphatic heterocycles. The third-order valence-electron chi connectivity index (χ3n) is 5.88. The number of hydrogen-bond acceptors (Lipinski definition) is 7. The lowest BCUT2D eigenvalue weighted by atomic mass is 10.1. The van der Waals surface area contributed by atoms with Crippen LogP contribution in [0.5, 0.6) is 11.5 Å². The predicted octanol–water partition coefficient (Wildman–Crippen LogP) is 3.15. The summed E-state index contributed by atoms with van der Waals surface area (Å²) in [5, 5.41) is 5.96. The van der Waals surface area contributed by atoms with E-state index in [1.807, 2.05) is 17.0 Å². The van der Waals surface area contributed by atoms with Gasteiger partial charge in [-0.25, -0.2) is 0 Å². The van der Waals surface area contributed by atoms with Gasteiger partial charge in [-0.2, -0.15) is 0 Å². The molecule has 0 spiro atoms. The Morgan fingerprint density at radius 2 is 1.61 bits per heavy atom. The lowest BCUT2D eigenvalue weighted by Gasteiger charge is -2.30. The number of carbonyl (C=O) groups is 1. The average molecular weight is 450 g/mol. The SMILES string of the molecule is COc1ccc(NC(=O)c2ccc(CNc3c(N4CCCCC4)c(=O)c3=O)cc2)cc1OC. The second kappa shape index (κ2) is 9.77. The van der Waals surface area contributed by atoms with E-state index in [-0.39, 0.29) is 5.91 Å². The Kier molecular flexibility index (Phi) is 6.63. The lowest BCUT2D eigenvalue weighted by Crippen LogP contribution is -2.44. The second-order valence-corrected chi connectivity index (χ2v) is 8.00. The molecule has 3 aromatic carbocycles. The first kappa shape index (κ1) is 22.4. The molecule has 1 aliphatic rings. The largest absolute Gasteiger partial charge is 0.493 e. The maximum absolute atomic E-state index is 12.6. The van der Waals surface area contributed by atoms with E-state index in [0.29, 0.717) is 40.7 Å². The number of benzene rings is 2. The van der Waals surface area contributed by atoms with Gasteiger partial charge in [0, 0.05) is 37.0 Å². The van der Waals surface area contributed by atoms with Crippen LogP contribution in [0.2, 0.25) is 0 Å². The Balaban J connectivity index is 1.38. The Morgan fingerprint density at radius 1 is 0.909 bits per heavy atom. The van der Waals surface area contributed by atoms with Gasteiger partial charge in [0.25, 0.3) is 16.8 Å². The minimum absolute atomic E-state index is 0.253. The Labute approximate surface area is 191 Å². The normalized spacial score (nSPS) is 13.6. The zero-order chi connectivity index (χ0) is 23.4. The molecular formula is C25H27N3O5. The van der Waals surface area contributed by atoms with Crippen LogP contribution in [0.3, 0.4) is 0 Å². The summed E-state index contributed by atoms with van der Waals surface area (Å²) in [4.78, 5) is 38.8. The molecule has 33 heavy (non-hydrogen) atoms. The summed E-state index contributed by atoms with van der Waals surface area (Å²) in [7, 11) is 3.09. The molecule has 0 radical (unpaired) electrons. The summed E-state index contributed by atoms with van der Waals surface area (Å²) >= 11 is 0. The first-order valence-electron chi connectivity index (χ1n) is 11.0. The molecule has 1 heterocycles. The molecule has 0 bridgehead atoms. The fraction of sp³-hybridized carbons (Fsp3) is 0.320. The van der Waals surface area contributed by atoms with Gasteiger partial charge < -0.3 is 25.0 Å². The smallest absolute Gasteiger partial charge is 0.255 e. The molecule has 0 unspecified atom stereocenters. The van der Waals surface area contributed by atoms with Crippen molar-refractivity contribution in [2.24, 2.45) is 0 Å². The molecule has 4 rings (SSSR count). The summed E-state index contributed by atoms with van der Waals surface area (Å²) in [6.07, 6.45) is 3.22. The van der Waals surface area contributed by atoms with Crippen LogP contribution in [0, 0.1) is 0 Å². The van der Waals surface area contributed by atoms with Crippen molar-refractivity contribution in [1.82, 2.24) is 0 Å². The molecule has 8 heteroatoms. The summed E-state index contributed by atoms with van der Waals surface area (Å²) in [5.74, 6) is 0.855. The van der Waals surface area contributed by atoms with Crippen molar-refractivity contribution in [2.75, 3.05) is 42.8 Å². The van der Waals surface area contributed by atoms with Crippen LogP contribution in [0.25, 0.3) is 0 Å². The van der Waals surface area contributed by atoms with Crippen LogP contribution in [0.15, 0.2) is 52.1 Å². The van der Waals surface area contributed by atoms with Crippen molar-refractivity contribution in [2.45, 2.75) is 25.8 Å². The van der Waals surface area contributed by atoms with Gasteiger partial charge in [0.15, 0.2) is 11.5 Å². The van der Waals surface area contributed by atoms with E-state index in [2.05, 4.69) is 10.6 Å². The fourth-order valence-corrected chi connectivity index (χ4v) is 4.04. The molecule has 0 saturated carbocycles. The maximum atomic E-state index is 12.6. The third kappa shape index (κ3) is 4.69. The van der Waals surface area contributed by atoms with Crippen molar-refractivity contribution < 1.29 is 14.3 Å². The van der Waals surface area contributed by atoms with Crippen molar-refractivity contribution in [1.29, 1.82) is 0 Å². The molecule has 8 nitrogen and oxygen atoms in total. The minimum Gasteiger partial charge on any atom is -0.493 e. The van der Waals surface area contributed by atoms with Crippen molar-refractivity contribution in [3.05, 3.63) is 74.0 Å². The number of hydrogen-bond donors (Lipinski definition) is 2. The van der Waals surface area contributed by atoms with E-state index >= 15 is 0 Å². The highest BCUT2D eigenvalue weighted by molar-refractivity contribution is 6.04. The number of piperidine rings is 1. The average Bonchev–Trinajstić information content (AvgIpc) is 2.86. The van der Waals surface area contributed by atoms with Gasteiger partial charge in [-0.05, 0) is 49.1 Å². The molecule has 2 N–H and O–H groups in total. The van der Waals surface area contributed by atoms with Crippen molar-refractivity contribution in [3.8, 4) is 11.5 Å². The van der Waals surface area contributed by atoms with Gasteiger partial charge in [-0.1, -0.05) is 12.1 Å². The number of amides is 1. The zero-order valence-electron chi connectivity index (χ0n) is 18.8. The molecule has 1 fully saturated rings. The quantitative estimate of drug-likeness (QED) is 0.510. The van der Waals surface area contributed by atoms with E-state index in [4.69, 9.17) is 9.47 Å². The van der Waals surface area contributed by atoms with E-state index in [0.717, 1.165) is 37.9 Å². The van der Waals surface area contributed by atoms with Crippen LogP contribution < -0.4 is 35.9 Å². The lowest BCUT2D eigenvalue weighted by molar-refractivity contribution is 0.102. The highest BCUT2D eigenvalue weighted by Crippen LogP contribution is 2.30. The third-order valence-corrected chi connectivity index (χ3v) is 5.88. The van der Waals surface area contributed by atoms with Crippen LogP contribution in [-0.4, -0.2) is 33.2 Å². The van der Waals surface area contributed by atoms with Crippen LogP contribution in [0.4, 0.5) is 17.1 Å². The van der Waals surface area contributed by atoms with Crippen LogP contribution >= 0.6 is 0 Å². The van der Waals surface area contributed by atoms with Crippen LogP contribution in [-0.2, 0) is 6.54 Å². The summed E-state index contributed by atoms with van der Waals surface area (Å²) in [6.45, 7) is 2.01. The number of methoxy groups -OCH3 is 2. The summed E-state index contributed by atoms with van der Waals surface area (Å²) < 4.78 is 10.5. The van der Waals surface area contributed by atoms with Crippen molar-refractivity contribution >= 4 is 23.0 Å². The molecule has 0 atom stereocenters. The first-order chi connectivity index (χ1) is 16.0. The van der Waals surface area contributed by atoms with Gasteiger partial charge in [-0.3, -0.25) is 14.4 Å². The fourth-order valence-electron chi connectivity index (χ4n) is 4.04. The number of ether oxygens (including phenoxy) is 2. The topological polar surface area (TPSA) is 97.0 Å². The van der Waals surface area contributed by atoms with Crippen LogP contribution in [0.1, 0.15) is 35.2 Å². The van der Waals surface area contributed by atoms with Gasteiger partial charge in [-0.15, -0.1) is 0 Å². The zero-order valence-corrected chi connectivity index (χ0v) is 18.8. The molecule has 1 saturated heterocycles. The number of nitrogens with zero attached hydrogens (tertiary/aromatic N) is 1. The molecule has 172 valence electrons. The Morgan fingerprint density at radius 3 is 2.27 bits per heavy atom. The van der Waals surface area contributed by atoms with E-state index in [9.17, 15) is 14.4 Å². The van der Waals surface area contributed by atoms with Gasteiger partial charge >= 0.3 is 0 Å². The van der Waals surface area contributed by atoms with E-state index < -0.39 is 10.9 Å². The second-order valence-electron chi connectivity index (χ2n) is 8.00. The molecule has 3 aromatic rings. The summed E-state index contributed by atoms with van der Waals surface area (Å²) in [5.41, 5.74) is 2.05. The number of carbonyl (C=O) groups excluding carboxylic acids is 1. The summed E-state index contributed by atoms with van der Waals surface area (Å²) in [6, 6.07) is 12.2. The molecule has 0 aromatic heterocycles. The van der Waals surface area contributed by atoms with Gasteiger partial charge in [0.1, 0.15) is 11.4 Å². The molecule has 1 amide bonds. The van der Waals surface area contributed by atoms with E-state index in [1.54, 1.807) is 37.4 Å². The number of rotatable bonds is 8. The molecule has 0 aliphatic carbocycles. The monoisotopic (exact) mass is 449 g/mol. The standard InChI is InChI=1S/C25H27N3O5/c1-32-19-11-10-18(14-20(19)33-2)27-25(31)17-8-6-16(7-9-17)15-26-21-22(24(30)23(21)29)28-12-4-3-5-13-28/h6-11,14,26H,3-5,12-13,15H2,1-2H3,(H,27,31). The maximum Gasteiger partial charge on any atom is 0.255 e. The number of nitrogens with one attached hydrogen (secondary N) is 2.